The standard InChI is InChI=1S/C13H19N3O7S2/c14-25(21,22)7-3-1-6(2-4-7)15-13(24)16-9-11(19)10(18)8(5-17)23-12(9)20/h1-4,8-12,17-20H,5H2,(H2,14,21,22)(H2,15,16,24)/t8-,9+,10-,11-,12?/m1/s1. The van der Waals surface area contributed by atoms with Crippen molar-refractivity contribution in [2.45, 2.75) is 35.5 Å². The maximum Gasteiger partial charge on any atom is 0.238 e. The number of hydrogen-bond acceptors (Lipinski definition) is 8. The molecule has 0 spiro atoms. The lowest BCUT2D eigenvalue weighted by Gasteiger charge is -2.40. The van der Waals surface area contributed by atoms with Gasteiger partial charge in [-0.25, -0.2) is 13.6 Å². The van der Waals surface area contributed by atoms with Crippen LogP contribution >= 0.6 is 12.2 Å². The molecule has 5 atom stereocenters. The number of anilines is 1. The monoisotopic (exact) mass is 393 g/mol. The van der Waals surface area contributed by atoms with Crippen molar-refractivity contribution >= 4 is 33.0 Å². The predicted octanol–water partition coefficient (Wildman–Crippen LogP) is -2.58. The fourth-order valence-electron chi connectivity index (χ4n) is 2.30. The van der Waals surface area contributed by atoms with Crippen LogP contribution in [0.1, 0.15) is 0 Å². The number of benzene rings is 1. The quantitative estimate of drug-likeness (QED) is 0.269. The van der Waals surface area contributed by atoms with Crippen LogP contribution in [0.3, 0.4) is 0 Å². The number of nitrogens with one attached hydrogen (secondary N) is 2. The van der Waals surface area contributed by atoms with E-state index < -0.39 is 47.3 Å². The minimum absolute atomic E-state index is 0.00953. The Bertz CT molecular complexity index is 713. The van der Waals surface area contributed by atoms with Crippen molar-refractivity contribution in [3.8, 4) is 0 Å². The molecule has 0 aliphatic carbocycles. The van der Waals surface area contributed by atoms with Gasteiger partial charge in [0, 0.05) is 5.69 Å². The fraction of sp³-hybridized carbons (Fsp3) is 0.462. The summed E-state index contributed by atoms with van der Waals surface area (Å²) >= 11 is 5.05. The average Bonchev–Trinajstić information content (AvgIpc) is 2.54. The molecule has 1 aliphatic rings. The number of thiocarbonyl (C=S) groups is 1. The van der Waals surface area contributed by atoms with Gasteiger partial charge in [-0.15, -0.1) is 0 Å². The molecule has 1 unspecified atom stereocenters. The van der Waals surface area contributed by atoms with Crippen molar-refractivity contribution in [3.05, 3.63) is 24.3 Å². The van der Waals surface area contributed by atoms with Crippen molar-refractivity contribution in [2.75, 3.05) is 11.9 Å². The number of nitrogens with two attached hydrogens (primary N) is 1. The summed E-state index contributed by atoms with van der Waals surface area (Å²) in [6.07, 6.45) is -5.48. The van der Waals surface area contributed by atoms with E-state index in [-0.39, 0.29) is 10.0 Å². The summed E-state index contributed by atoms with van der Waals surface area (Å²) in [4.78, 5) is -0.0679. The van der Waals surface area contributed by atoms with Crippen LogP contribution < -0.4 is 15.8 Å². The Morgan fingerprint density at radius 3 is 2.32 bits per heavy atom. The number of ether oxygens (including phenoxy) is 1. The summed E-state index contributed by atoms with van der Waals surface area (Å²) in [6, 6.07) is 4.27. The van der Waals surface area contributed by atoms with Crippen LogP contribution in [0.2, 0.25) is 0 Å². The molecule has 1 fully saturated rings. The zero-order valence-electron chi connectivity index (χ0n) is 12.8. The summed E-state index contributed by atoms with van der Waals surface area (Å²) in [6.45, 7) is -0.568. The Morgan fingerprint density at radius 2 is 1.80 bits per heavy atom. The molecule has 0 saturated carbocycles. The third-order valence-corrected chi connectivity index (χ3v) is 4.79. The number of aliphatic hydroxyl groups excluding tert-OH is 4. The molecule has 12 heteroatoms. The lowest BCUT2D eigenvalue weighted by Crippen LogP contribution is -2.64. The van der Waals surface area contributed by atoms with Crippen molar-refractivity contribution in [2.24, 2.45) is 5.14 Å². The number of rotatable bonds is 4. The highest BCUT2D eigenvalue weighted by Gasteiger charge is 2.43. The third-order valence-electron chi connectivity index (χ3n) is 3.64. The minimum atomic E-state index is -3.81. The van der Waals surface area contributed by atoms with Gasteiger partial charge in [0.25, 0.3) is 0 Å². The van der Waals surface area contributed by atoms with E-state index in [9.17, 15) is 23.7 Å². The lowest BCUT2D eigenvalue weighted by molar-refractivity contribution is -0.251. The van der Waals surface area contributed by atoms with Crippen LogP contribution in [-0.4, -0.2) is 71.2 Å². The predicted molar refractivity (Wildman–Crippen MR) is 90.9 cm³/mol. The van der Waals surface area contributed by atoms with Crippen LogP contribution in [0.25, 0.3) is 0 Å². The van der Waals surface area contributed by atoms with Gasteiger partial charge < -0.3 is 35.8 Å². The van der Waals surface area contributed by atoms with Crippen LogP contribution in [0.4, 0.5) is 5.69 Å². The van der Waals surface area contributed by atoms with E-state index in [1.807, 2.05) is 0 Å². The van der Waals surface area contributed by atoms with Gasteiger partial charge in [-0.05, 0) is 36.5 Å². The molecule has 1 aliphatic heterocycles. The van der Waals surface area contributed by atoms with Crippen LogP contribution in [0.15, 0.2) is 29.2 Å². The highest BCUT2D eigenvalue weighted by atomic mass is 32.2. The third kappa shape index (κ3) is 4.83. The molecule has 0 amide bonds. The number of aliphatic hydroxyl groups is 4. The lowest BCUT2D eigenvalue weighted by atomic mass is 9.97. The highest BCUT2D eigenvalue weighted by molar-refractivity contribution is 7.89. The Balaban J connectivity index is 2.00. The SMILES string of the molecule is NS(=O)(=O)c1ccc(NC(=S)N[C@@H]2C(O)O[C@H](CO)[C@@H](O)[C@@H]2O)cc1. The molecular formula is C13H19N3O7S2. The molecule has 2 rings (SSSR count). The van der Waals surface area contributed by atoms with Gasteiger partial charge in [0.05, 0.1) is 11.5 Å². The first-order chi connectivity index (χ1) is 11.6. The second-order valence-corrected chi connectivity index (χ2v) is 7.39. The van der Waals surface area contributed by atoms with Gasteiger partial charge in [-0.2, -0.15) is 0 Å². The second kappa shape index (κ2) is 7.88. The van der Waals surface area contributed by atoms with E-state index in [0.717, 1.165) is 0 Å². The molecule has 10 nitrogen and oxygen atoms in total. The molecule has 0 bridgehead atoms. The van der Waals surface area contributed by atoms with Gasteiger partial charge in [0.1, 0.15) is 24.4 Å². The zero-order valence-corrected chi connectivity index (χ0v) is 14.4. The van der Waals surface area contributed by atoms with E-state index in [4.69, 9.17) is 27.2 Å². The van der Waals surface area contributed by atoms with E-state index in [0.29, 0.717) is 5.69 Å². The first-order valence-corrected chi connectivity index (χ1v) is 9.10. The molecular weight excluding hydrogens is 374 g/mol. The fourth-order valence-corrected chi connectivity index (χ4v) is 3.07. The Labute approximate surface area is 149 Å². The molecule has 25 heavy (non-hydrogen) atoms. The van der Waals surface area contributed by atoms with Crippen LogP contribution in [0, 0.1) is 0 Å². The van der Waals surface area contributed by atoms with E-state index >= 15 is 0 Å². The summed E-state index contributed by atoms with van der Waals surface area (Å²) in [5.74, 6) is 0. The minimum Gasteiger partial charge on any atom is -0.394 e. The van der Waals surface area contributed by atoms with Crippen molar-refractivity contribution in [3.63, 3.8) is 0 Å². The summed E-state index contributed by atoms with van der Waals surface area (Å²) in [5, 5.41) is 49.0. The molecule has 1 saturated heterocycles. The first kappa shape index (κ1) is 19.9. The highest BCUT2D eigenvalue weighted by Crippen LogP contribution is 2.20. The molecule has 0 aromatic heterocycles. The maximum absolute atomic E-state index is 11.2. The van der Waals surface area contributed by atoms with Crippen molar-refractivity contribution in [1.29, 1.82) is 0 Å². The summed E-state index contributed by atoms with van der Waals surface area (Å²) in [7, 11) is -3.81. The Morgan fingerprint density at radius 1 is 1.20 bits per heavy atom. The molecule has 0 radical (unpaired) electrons. The van der Waals surface area contributed by atoms with Crippen LogP contribution in [-0.2, 0) is 14.8 Å². The molecule has 140 valence electrons. The van der Waals surface area contributed by atoms with Gasteiger partial charge in [-0.3, -0.25) is 0 Å². The van der Waals surface area contributed by atoms with Gasteiger partial charge >= 0.3 is 0 Å². The second-order valence-electron chi connectivity index (χ2n) is 5.42. The summed E-state index contributed by atoms with van der Waals surface area (Å²) < 4.78 is 27.4. The average molecular weight is 393 g/mol. The smallest absolute Gasteiger partial charge is 0.238 e. The van der Waals surface area contributed by atoms with Gasteiger partial charge in [-0.1, -0.05) is 0 Å². The topological polar surface area (TPSA) is 174 Å². The van der Waals surface area contributed by atoms with Crippen LogP contribution in [0.5, 0.6) is 0 Å². The zero-order chi connectivity index (χ0) is 18.8. The molecule has 1 aromatic rings. The summed E-state index contributed by atoms with van der Waals surface area (Å²) in [5.41, 5.74) is 0.430. The normalized spacial score (nSPS) is 29.9. The van der Waals surface area contributed by atoms with E-state index in [1.165, 1.54) is 24.3 Å². The molecule has 1 heterocycles. The van der Waals surface area contributed by atoms with Crippen molar-refractivity contribution < 1.29 is 33.6 Å². The first-order valence-electron chi connectivity index (χ1n) is 7.14. The Kier molecular flexibility index (Phi) is 6.29. The van der Waals surface area contributed by atoms with E-state index in [1.54, 1.807) is 0 Å². The Hall–Kier alpha value is -1.38. The largest absolute Gasteiger partial charge is 0.394 e. The molecule has 8 N–H and O–H groups in total. The molecule has 1 aromatic carbocycles. The number of sulfonamides is 1. The number of hydrogen-bond donors (Lipinski definition) is 7. The van der Waals surface area contributed by atoms with Gasteiger partial charge in [0.2, 0.25) is 10.0 Å². The van der Waals surface area contributed by atoms with Gasteiger partial charge in [0.15, 0.2) is 11.4 Å². The number of primary sulfonamides is 1. The van der Waals surface area contributed by atoms with E-state index in [2.05, 4.69) is 10.6 Å². The maximum atomic E-state index is 11.2. The van der Waals surface area contributed by atoms with Crippen molar-refractivity contribution in [1.82, 2.24) is 5.32 Å².